The van der Waals surface area contributed by atoms with E-state index >= 15 is 0 Å². The third-order valence-electron chi connectivity index (χ3n) is 3.52. The lowest BCUT2D eigenvalue weighted by Gasteiger charge is -2.36. The third kappa shape index (κ3) is 3.45. The van der Waals surface area contributed by atoms with Crippen LogP contribution >= 0.6 is 0 Å². The summed E-state index contributed by atoms with van der Waals surface area (Å²) >= 11 is 0. The summed E-state index contributed by atoms with van der Waals surface area (Å²) in [5, 5.41) is 9.27. The SMILES string of the molecule is CC(Cc1ccc(O)cc1)N1CCOC(CN)C1. The number of phenols is 1. The quantitative estimate of drug-likeness (QED) is 0.836. The van der Waals surface area contributed by atoms with Gasteiger partial charge in [-0.25, -0.2) is 0 Å². The predicted molar refractivity (Wildman–Crippen MR) is 71.6 cm³/mol. The number of benzene rings is 1. The molecule has 0 amide bonds. The first-order valence-corrected chi connectivity index (χ1v) is 6.52. The van der Waals surface area contributed by atoms with Crippen molar-refractivity contribution < 1.29 is 9.84 Å². The maximum absolute atomic E-state index is 9.27. The summed E-state index contributed by atoms with van der Waals surface area (Å²) in [6.07, 6.45) is 1.15. The molecular weight excluding hydrogens is 228 g/mol. The maximum atomic E-state index is 9.27. The molecule has 4 heteroatoms. The van der Waals surface area contributed by atoms with E-state index in [1.165, 1.54) is 5.56 Å². The van der Waals surface area contributed by atoms with Gasteiger partial charge in [0.1, 0.15) is 5.75 Å². The van der Waals surface area contributed by atoms with E-state index in [-0.39, 0.29) is 6.10 Å². The van der Waals surface area contributed by atoms with E-state index in [1.807, 2.05) is 12.1 Å². The molecule has 0 aromatic heterocycles. The number of hydrogen-bond donors (Lipinski definition) is 2. The van der Waals surface area contributed by atoms with Crippen LogP contribution in [0.5, 0.6) is 5.75 Å². The normalized spacial score (nSPS) is 22.9. The average molecular weight is 250 g/mol. The van der Waals surface area contributed by atoms with Gasteiger partial charge < -0.3 is 15.6 Å². The molecule has 1 aliphatic rings. The molecule has 0 saturated carbocycles. The molecule has 0 aliphatic carbocycles. The Kier molecular flexibility index (Phi) is 4.58. The number of nitrogens with two attached hydrogens (primary N) is 1. The first kappa shape index (κ1) is 13.3. The topological polar surface area (TPSA) is 58.7 Å². The minimum atomic E-state index is 0.168. The maximum Gasteiger partial charge on any atom is 0.115 e. The molecule has 0 spiro atoms. The van der Waals surface area contributed by atoms with Gasteiger partial charge in [0.2, 0.25) is 0 Å². The van der Waals surface area contributed by atoms with Crippen molar-refractivity contribution in [1.29, 1.82) is 0 Å². The summed E-state index contributed by atoms with van der Waals surface area (Å²) in [5.74, 6) is 0.320. The van der Waals surface area contributed by atoms with Gasteiger partial charge in [-0.05, 0) is 31.0 Å². The second-order valence-corrected chi connectivity index (χ2v) is 4.94. The molecule has 1 fully saturated rings. The van der Waals surface area contributed by atoms with Gasteiger partial charge in [-0.1, -0.05) is 12.1 Å². The fourth-order valence-corrected chi connectivity index (χ4v) is 2.39. The van der Waals surface area contributed by atoms with Crippen LogP contribution in [0.15, 0.2) is 24.3 Å². The van der Waals surface area contributed by atoms with Crippen molar-refractivity contribution in [2.45, 2.75) is 25.5 Å². The molecule has 0 radical (unpaired) electrons. The molecule has 4 nitrogen and oxygen atoms in total. The molecule has 2 atom stereocenters. The smallest absolute Gasteiger partial charge is 0.115 e. The zero-order valence-corrected chi connectivity index (χ0v) is 10.9. The number of morpholine rings is 1. The molecular formula is C14H22N2O2. The molecule has 2 rings (SSSR count). The molecule has 1 aromatic carbocycles. The molecule has 1 aliphatic heterocycles. The number of aromatic hydroxyl groups is 1. The highest BCUT2D eigenvalue weighted by atomic mass is 16.5. The largest absolute Gasteiger partial charge is 0.508 e. The molecule has 18 heavy (non-hydrogen) atoms. The Labute approximate surface area is 108 Å². The van der Waals surface area contributed by atoms with Crippen molar-refractivity contribution in [3.05, 3.63) is 29.8 Å². The second kappa shape index (κ2) is 6.18. The van der Waals surface area contributed by atoms with Crippen molar-refractivity contribution in [2.75, 3.05) is 26.2 Å². The van der Waals surface area contributed by atoms with Crippen LogP contribution in [0.3, 0.4) is 0 Å². The van der Waals surface area contributed by atoms with E-state index in [4.69, 9.17) is 10.5 Å². The van der Waals surface area contributed by atoms with Crippen LogP contribution < -0.4 is 5.73 Å². The Bertz CT molecular complexity index is 367. The van der Waals surface area contributed by atoms with Gasteiger partial charge in [0.15, 0.2) is 0 Å². The van der Waals surface area contributed by atoms with Crippen LogP contribution in [0.2, 0.25) is 0 Å². The lowest BCUT2D eigenvalue weighted by molar-refractivity contribution is -0.0358. The van der Waals surface area contributed by atoms with Crippen LogP contribution in [0.25, 0.3) is 0 Å². The van der Waals surface area contributed by atoms with Crippen LogP contribution in [0.1, 0.15) is 12.5 Å². The van der Waals surface area contributed by atoms with Crippen molar-refractivity contribution >= 4 is 0 Å². The fraction of sp³-hybridized carbons (Fsp3) is 0.571. The summed E-state index contributed by atoms with van der Waals surface area (Å²) in [6, 6.07) is 7.90. The van der Waals surface area contributed by atoms with Gasteiger partial charge in [-0.15, -0.1) is 0 Å². The van der Waals surface area contributed by atoms with Gasteiger partial charge in [0.05, 0.1) is 12.7 Å². The van der Waals surface area contributed by atoms with Gasteiger partial charge in [0, 0.05) is 25.7 Å². The highest BCUT2D eigenvalue weighted by Gasteiger charge is 2.23. The van der Waals surface area contributed by atoms with E-state index < -0.39 is 0 Å². The summed E-state index contributed by atoms with van der Waals surface area (Å²) in [5.41, 5.74) is 6.90. The molecule has 1 aromatic rings. The predicted octanol–water partition coefficient (Wildman–Crippen LogP) is 0.983. The van der Waals surface area contributed by atoms with Gasteiger partial charge in [-0.3, -0.25) is 4.90 Å². The Morgan fingerprint density at radius 1 is 1.44 bits per heavy atom. The first-order valence-electron chi connectivity index (χ1n) is 6.52. The van der Waals surface area contributed by atoms with Crippen molar-refractivity contribution in [1.82, 2.24) is 4.90 Å². The second-order valence-electron chi connectivity index (χ2n) is 4.94. The van der Waals surface area contributed by atoms with E-state index in [9.17, 15) is 5.11 Å². The summed E-state index contributed by atoms with van der Waals surface area (Å²) < 4.78 is 5.57. The van der Waals surface area contributed by atoms with Crippen LogP contribution in [0.4, 0.5) is 0 Å². The third-order valence-corrected chi connectivity index (χ3v) is 3.52. The molecule has 1 saturated heterocycles. The molecule has 2 unspecified atom stereocenters. The number of rotatable bonds is 4. The fourth-order valence-electron chi connectivity index (χ4n) is 2.39. The van der Waals surface area contributed by atoms with Crippen molar-refractivity contribution in [3.63, 3.8) is 0 Å². The monoisotopic (exact) mass is 250 g/mol. The van der Waals surface area contributed by atoms with E-state index in [0.717, 1.165) is 26.1 Å². The summed E-state index contributed by atoms with van der Waals surface area (Å²) in [6.45, 7) is 5.46. The lowest BCUT2D eigenvalue weighted by atomic mass is 10.0. The molecule has 1 heterocycles. The zero-order chi connectivity index (χ0) is 13.0. The average Bonchev–Trinajstić information content (AvgIpc) is 2.41. The van der Waals surface area contributed by atoms with Gasteiger partial charge in [0.25, 0.3) is 0 Å². The highest BCUT2D eigenvalue weighted by Crippen LogP contribution is 2.15. The zero-order valence-electron chi connectivity index (χ0n) is 10.9. The van der Waals surface area contributed by atoms with Gasteiger partial charge >= 0.3 is 0 Å². The Morgan fingerprint density at radius 3 is 2.83 bits per heavy atom. The molecule has 3 N–H and O–H groups in total. The number of phenolic OH excluding ortho intramolecular Hbond substituents is 1. The Morgan fingerprint density at radius 2 is 2.17 bits per heavy atom. The van der Waals surface area contributed by atoms with Crippen LogP contribution in [-0.4, -0.2) is 48.4 Å². The van der Waals surface area contributed by atoms with Crippen LogP contribution in [0, 0.1) is 0 Å². The van der Waals surface area contributed by atoms with E-state index in [2.05, 4.69) is 11.8 Å². The van der Waals surface area contributed by atoms with E-state index in [0.29, 0.717) is 18.3 Å². The lowest BCUT2D eigenvalue weighted by Crippen LogP contribution is -2.49. The number of ether oxygens (including phenoxy) is 1. The summed E-state index contributed by atoms with van der Waals surface area (Å²) in [4.78, 5) is 2.42. The summed E-state index contributed by atoms with van der Waals surface area (Å²) in [7, 11) is 0. The number of nitrogens with zero attached hydrogens (tertiary/aromatic N) is 1. The Hall–Kier alpha value is -1.10. The minimum absolute atomic E-state index is 0.168. The standard InChI is InChI=1S/C14H22N2O2/c1-11(8-12-2-4-13(17)5-3-12)16-6-7-18-14(9-15)10-16/h2-5,11,14,17H,6-10,15H2,1H3. The van der Waals surface area contributed by atoms with Crippen molar-refractivity contribution in [2.24, 2.45) is 5.73 Å². The number of hydrogen-bond acceptors (Lipinski definition) is 4. The van der Waals surface area contributed by atoms with Gasteiger partial charge in [-0.2, -0.15) is 0 Å². The molecule has 0 bridgehead atoms. The van der Waals surface area contributed by atoms with E-state index in [1.54, 1.807) is 12.1 Å². The first-order chi connectivity index (χ1) is 8.69. The Balaban J connectivity index is 1.90. The van der Waals surface area contributed by atoms with Crippen LogP contribution in [-0.2, 0) is 11.2 Å². The van der Waals surface area contributed by atoms with Crippen molar-refractivity contribution in [3.8, 4) is 5.75 Å². The molecule has 100 valence electrons. The highest BCUT2D eigenvalue weighted by molar-refractivity contribution is 5.26. The minimum Gasteiger partial charge on any atom is -0.508 e.